The molecule has 2 aromatic rings. The van der Waals surface area contributed by atoms with E-state index in [1.54, 1.807) is 13.2 Å². The standard InChI is InChI=1S/C14H11BrClNO4/c1-20-13-5-2-9(6-11(13)15)8-21-14-7-10(17(18)19)3-4-12(14)16/h2-7H,8H2,1H3. The molecule has 110 valence electrons. The molecule has 0 saturated heterocycles. The summed E-state index contributed by atoms with van der Waals surface area (Å²) < 4.78 is 11.5. The number of non-ortho nitro benzene ring substituents is 1. The zero-order valence-corrected chi connectivity index (χ0v) is 13.3. The number of ether oxygens (including phenoxy) is 2. The Labute approximate surface area is 134 Å². The van der Waals surface area contributed by atoms with Crippen molar-refractivity contribution in [2.45, 2.75) is 6.61 Å². The molecule has 0 radical (unpaired) electrons. The largest absolute Gasteiger partial charge is 0.496 e. The molecule has 0 atom stereocenters. The first-order valence-electron chi connectivity index (χ1n) is 5.90. The highest BCUT2D eigenvalue weighted by Crippen LogP contribution is 2.30. The first kappa shape index (κ1) is 15.6. The summed E-state index contributed by atoms with van der Waals surface area (Å²) in [5.74, 6) is 0.991. The molecule has 0 aliphatic rings. The first-order chi connectivity index (χ1) is 10.0. The van der Waals surface area contributed by atoms with Gasteiger partial charge in [-0.2, -0.15) is 0 Å². The molecule has 0 saturated carbocycles. The quantitative estimate of drug-likeness (QED) is 0.568. The Bertz CT molecular complexity index is 678. The number of halogens is 2. The van der Waals surface area contributed by atoms with Crippen LogP contribution < -0.4 is 9.47 Å². The van der Waals surface area contributed by atoms with Crippen LogP contribution in [-0.4, -0.2) is 12.0 Å². The van der Waals surface area contributed by atoms with E-state index in [0.29, 0.717) is 10.8 Å². The summed E-state index contributed by atoms with van der Waals surface area (Å²) >= 11 is 9.35. The molecule has 5 nitrogen and oxygen atoms in total. The fourth-order valence-corrected chi connectivity index (χ4v) is 2.44. The van der Waals surface area contributed by atoms with Crippen molar-refractivity contribution in [1.29, 1.82) is 0 Å². The van der Waals surface area contributed by atoms with Crippen LogP contribution in [0.3, 0.4) is 0 Å². The molecule has 0 spiro atoms. The van der Waals surface area contributed by atoms with Crippen LogP contribution in [0.4, 0.5) is 5.69 Å². The smallest absolute Gasteiger partial charge is 0.273 e. The van der Waals surface area contributed by atoms with Crippen LogP contribution in [0.2, 0.25) is 5.02 Å². The van der Waals surface area contributed by atoms with Gasteiger partial charge in [0.1, 0.15) is 18.1 Å². The fourth-order valence-electron chi connectivity index (χ4n) is 1.68. The minimum Gasteiger partial charge on any atom is -0.496 e. The number of benzene rings is 2. The Morgan fingerprint density at radius 2 is 2.00 bits per heavy atom. The molecule has 0 aliphatic carbocycles. The number of nitro benzene ring substituents is 1. The van der Waals surface area contributed by atoms with E-state index in [9.17, 15) is 10.1 Å². The Hall–Kier alpha value is -1.79. The summed E-state index contributed by atoms with van der Waals surface area (Å²) in [6.07, 6.45) is 0. The number of nitro groups is 1. The third kappa shape index (κ3) is 3.86. The van der Waals surface area contributed by atoms with Gasteiger partial charge in [0.25, 0.3) is 5.69 Å². The van der Waals surface area contributed by atoms with Gasteiger partial charge in [0.2, 0.25) is 0 Å². The van der Waals surface area contributed by atoms with Crippen LogP contribution in [0.25, 0.3) is 0 Å². The molecule has 7 heteroatoms. The topological polar surface area (TPSA) is 61.6 Å². The normalized spacial score (nSPS) is 10.2. The maximum absolute atomic E-state index is 10.7. The number of rotatable bonds is 5. The van der Waals surface area contributed by atoms with Gasteiger partial charge >= 0.3 is 0 Å². The van der Waals surface area contributed by atoms with Gasteiger partial charge in [0.15, 0.2) is 0 Å². The van der Waals surface area contributed by atoms with Crippen LogP contribution >= 0.6 is 27.5 Å². The zero-order valence-electron chi connectivity index (χ0n) is 11.0. The summed E-state index contributed by atoms with van der Waals surface area (Å²) in [7, 11) is 1.58. The van der Waals surface area contributed by atoms with Gasteiger partial charge in [-0.25, -0.2) is 0 Å². The lowest BCUT2D eigenvalue weighted by atomic mass is 10.2. The predicted octanol–water partition coefficient (Wildman–Crippen LogP) is 4.60. The van der Waals surface area contributed by atoms with Crippen LogP contribution in [-0.2, 0) is 6.61 Å². The van der Waals surface area contributed by atoms with Crippen molar-refractivity contribution in [2.75, 3.05) is 7.11 Å². The number of hydrogen-bond donors (Lipinski definition) is 0. The molecular weight excluding hydrogens is 362 g/mol. The van der Waals surface area contributed by atoms with Crippen LogP contribution in [0, 0.1) is 10.1 Å². The van der Waals surface area contributed by atoms with Crippen molar-refractivity contribution in [3.05, 3.63) is 61.6 Å². The third-order valence-corrected chi connectivity index (χ3v) is 3.67. The van der Waals surface area contributed by atoms with E-state index in [0.717, 1.165) is 10.0 Å². The third-order valence-electron chi connectivity index (χ3n) is 2.74. The Morgan fingerprint density at radius 1 is 1.24 bits per heavy atom. The molecule has 0 unspecified atom stereocenters. The second-order valence-electron chi connectivity index (χ2n) is 4.13. The van der Waals surface area contributed by atoms with Gasteiger partial charge in [0, 0.05) is 6.07 Å². The van der Waals surface area contributed by atoms with Crippen molar-refractivity contribution in [2.24, 2.45) is 0 Å². The molecule has 2 rings (SSSR count). The highest BCUT2D eigenvalue weighted by molar-refractivity contribution is 9.10. The van der Waals surface area contributed by atoms with Gasteiger partial charge in [-0.3, -0.25) is 10.1 Å². The van der Waals surface area contributed by atoms with Gasteiger partial charge < -0.3 is 9.47 Å². The van der Waals surface area contributed by atoms with E-state index in [-0.39, 0.29) is 18.0 Å². The second kappa shape index (κ2) is 6.78. The predicted molar refractivity (Wildman–Crippen MR) is 83.1 cm³/mol. The molecule has 0 N–H and O–H groups in total. The van der Waals surface area contributed by atoms with Crippen molar-refractivity contribution in [3.8, 4) is 11.5 Å². The second-order valence-corrected chi connectivity index (χ2v) is 5.39. The molecule has 0 heterocycles. The highest BCUT2D eigenvalue weighted by atomic mass is 79.9. The summed E-state index contributed by atoms with van der Waals surface area (Å²) in [5.41, 5.74) is 0.815. The Kier molecular flexibility index (Phi) is 5.03. The number of methoxy groups -OCH3 is 1. The maximum Gasteiger partial charge on any atom is 0.273 e. The molecule has 2 aromatic carbocycles. The van der Waals surface area contributed by atoms with Crippen LogP contribution in [0.1, 0.15) is 5.56 Å². The van der Waals surface area contributed by atoms with Crippen molar-refractivity contribution in [3.63, 3.8) is 0 Å². The van der Waals surface area contributed by atoms with Gasteiger partial charge in [-0.05, 0) is 39.7 Å². The monoisotopic (exact) mass is 371 g/mol. The maximum atomic E-state index is 10.7. The average molecular weight is 373 g/mol. The number of hydrogen-bond acceptors (Lipinski definition) is 4. The molecule has 0 aliphatic heterocycles. The lowest BCUT2D eigenvalue weighted by Crippen LogP contribution is -1.98. The van der Waals surface area contributed by atoms with Crippen LogP contribution in [0.5, 0.6) is 11.5 Å². The van der Waals surface area contributed by atoms with Gasteiger partial charge in [0.05, 0.1) is 27.6 Å². The Balaban J connectivity index is 2.14. The van der Waals surface area contributed by atoms with Crippen molar-refractivity contribution in [1.82, 2.24) is 0 Å². The minimum atomic E-state index is -0.493. The number of nitrogens with zero attached hydrogens (tertiary/aromatic N) is 1. The lowest BCUT2D eigenvalue weighted by Gasteiger charge is -2.09. The molecular formula is C14H11BrClNO4. The summed E-state index contributed by atoms with van der Waals surface area (Å²) in [6, 6.07) is 9.58. The van der Waals surface area contributed by atoms with Gasteiger partial charge in [-0.15, -0.1) is 0 Å². The molecule has 0 bridgehead atoms. The van der Waals surface area contributed by atoms with E-state index in [2.05, 4.69) is 15.9 Å². The first-order valence-corrected chi connectivity index (χ1v) is 7.07. The fraction of sp³-hybridized carbons (Fsp3) is 0.143. The zero-order chi connectivity index (χ0) is 15.4. The van der Waals surface area contributed by atoms with Gasteiger partial charge in [-0.1, -0.05) is 17.7 Å². The lowest BCUT2D eigenvalue weighted by molar-refractivity contribution is -0.384. The van der Waals surface area contributed by atoms with E-state index in [1.165, 1.54) is 18.2 Å². The molecule has 0 aromatic heterocycles. The molecule has 0 amide bonds. The van der Waals surface area contributed by atoms with Crippen molar-refractivity contribution >= 4 is 33.2 Å². The van der Waals surface area contributed by atoms with Crippen LogP contribution in [0.15, 0.2) is 40.9 Å². The molecule has 21 heavy (non-hydrogen) atoms. The average Bonchev–Trinajstić information content (AvgIpc) is 2.46. The summed E-state index contributed by atoms with van der Waals surface area (Å²) in [4.78, 5) is 10.2. The highest BCUT2D eigenvalue weighted by Gasteiger charge is 2.11. The summed E-state index contributed by atoms with van der Waals surface area (Å²) in [6.45, 7) is 0.240. The molecule has 0 fully saturated rings. The Morgan fingerprint density at radius 3 is 2.62 bits per heavy atom. The van der Waals surface area contributed by atoms with E-state index in [4.69, 9.17) is 21.1 Å². The van der Waals surface area contributed by atoms with Crippen molar-refractivity contribution < 1.29 is 14.4 Å². The summed E-state index contributed by atoms with van der Waals surface area (Å²) in [5, 5.41) is 11.1. The van der Waals surface area contributed by atoms with E-state index in [1.807, 2.05) is 12.1 Å². The van der Waals surface area contributed by atoms with E-state index >= 15 is 0 Å². The SMILES string of the molecule is COc1ccc(COc2cc([N+](=O)[O-])ccc2Cl)cc1Br. The van der Waals surface area contributed by atoms with E-state index < -0.39 is 4.92 Å². The minimum absolute atomic E-state index is 0.0645.